The van der Waals surface area contributed by atoms with Crippen LogP contribution < -0.4 is 20.1 Å². The summed E-state index contributed by atoms with van der Waals surface area (Å²) in [6.07, 6.45) is -2.06. The third-order valence-electron chi connectivity index (χ3n) is 7.54. The zero-order chi connectivity index (χ0) is 30.5. The molecule has 2 heterocycles. The van der Waals surface area contributed by atoms with E-state index < -0.39 is 38.6 Å². The fourth-order valence-corrected chi connectivity index (χ4v) is 6.59. The Labute approximate surface area is 249 Å². The maximum atomic E-state index is 13.3. The molecule has 0 aliphatic carbocycles. The van der Waals surface area contributed by atoms with Crippen molar-refractivity contribution < 1.29 is 35.9 Å². The average Bonchev–Trinajstić information content (AvgIpc) is 3.50. The monoisotopic (exact) mass is 617 g/mol. The number of alkyl halides is 3. The van der Waals surface area contributed by atoms with Gasteiger partial charge in [0.15, 0.2) is 0 Å². The van der Waals surface area contributed by atoms with Crippen molar-refractivity contribution in [3.8, 4) is 5.75 Å². The van der Waals surface area contributed by atoms with Crippen LogP contribution in [0.25, 0.3) is 0 Å². The molecule has 3 aromatic carbocycles. The molecule has 0 radical (unpaired) electrons. The second-order valence-electron chi connectivity index (χ2n) is 10.7. The summed E-state index contributed by atoms with van der Waals surface area (Å²) in [5, 5.41) is 6.40. The smallest absolute Gasteiger partial charge is 0.416 e. The lowest BCUT2D eigenvalue weighted by atomic mass is 9.98. The molecular weight excluding hydrogens is 583 g/mol. The third-order valence-corrected chi connectivity index (χ3v) is 9.01. The van der Waals surface area contributed by atoms with Gasteiger partial charge in [0.2, 0.25) is 15.9 Å². The first-order chi connectivity index (χ1) is 20.6. The van der Waals surface area contributed by atoms with Gasteiger partial charge in [-0.25, -0.2) is 13.1 Å². The summed E-state index contributed by atoms with van der Waals surface area (Å²) in [5.74, 6) is 0.263. The summed E-state index contributed by atoms with van der Waals surface area (Å²) < 4.78 is 80.0. The van der Waals surface area contributed by atoms with Gasteiger partial charge in [-0.2, -0.15) is 13.2 Å². The molecule has 0 spiro atoms. The number of hydrogen-bond donors (Lipinski definition) is 3. The molecule has 230 valence electrons. The molecule has 0 aromatic heterocycles. The van der Waals surface area contributed by atoms with E-state index in [9.17, 15) is 26.4 Å². The number of halogens is 3. The largest absolute Gasteiger partial charge is 0.493 e. The van der Waals surface area contributed by atoms with Crippen LogP contribution in [0.15, 0.2) is 77.7 Å². The van der Waals surface area contributed by atoms with E-state index in [1.807, 2.05) is 18.2 Å². The number of fused-ring (bicyclic) bond motifs is 1. The quantitative estimate of drug-likeness (QED) is 0.279. The van der Waals surface area contributed by atoms with Gasteiger partial charge in [-0.05, 0) is 48.2 Å². The number of amides is 1. The standard InChI is InChI=1S/C31H34F3N3O5S/c32-31(33,34)23-8-4-10-25(17-23)43(39,40)37-28(22-6-2-1-3-7-22)18-30(38)36-27-13-15-42-29-16-21(11-12-26(27)29)19-35-20-24-9-5-14-41-24/h1-4,6-8,10-12,16-17,24,27-28,35,37H,5,9,13-15,18-20H2,(H,36,38)/t24-,27-,28-/m1/s1. The molecule has 0 unspecified atom stereocenters. The van der Waals surface area contributed by atoms with Crippen LogP contribution in [-0.2, 0) is 32.3 Å². The van der Waals surface area contributed by atoms with Crippen LogP contribution in [0.3, 0.4) is 0 Å². The van der Waals surface area contributed by atoms with E-state index in [1.54, 1.807) is 30.3 Å². The highest BCUT2D eigenvalue weighted by molar-refractivity contribution is 7.89. The lowest BCUT2D eigenvalue weighted by Gasteiger charge is -2.28. The minimum atomic E-state index is -4.70. The second kappa shape index (κ2) is 13.5. The molecule has 3 aromatic rings. The van der Waals surface area contributed by atoms with Gasteiger partial charge in [0.1, 0.15) is 5.75 Å². The van der Waals surface area contributed by atoms with E-state index in [2.05, 4.69) is 15.4 Å². The van der Waals surface area contributed by atoms with Crippen molar-refractivity contribution in [2.75, 3.05) is 19.8 Å². The van der Waals surface area contributed by atoms with Crippen molar-refractivity contribution in [2.24, 2.45) is 0 Å². The number of rotatable bonds is 11. The first-order valence-corrected chi connectivity index (χ1v) is 15.7. The van der Waals surface area contributed by atoms with E-state index >= 15 is 0 Å². The SMILES string of the molecule is O=C(C[C@@H](NS(=O)(=O)c1cccc(C(F)(F)F)c1)c1ccccc1)N[C@@H]1CCOc2cc(CNC[C@H]3CCCO3)ccc21. The van der Waals surface area contributed by atoms with Crippen molar-refractivity contribution in [1.29, 1.82) is 0 Å². The lowest BCUT2D eigenvalue weighted by Crippen LogP contribution is -2.36. The molecule has 0 bridgehead atoms. The molecule has 12 heteroatoms. The Hall–Kier alpha value is -3.45. The number of nitrogens with one attached hydrogen (secondary N) is 3. The van der Waals surface area contributed by atoms with Crippen molar-refractivity contribution in [3.05, 3.63) is 95.1 Å². The zero-order valence-corrected chi connectivity index (χ0v) is 24.2. The molecular formula is C31H34F3N3O5S. The molecule has 5 rings (SSSR count). The van der Waals surface area contributed by atoms with Crippen LogP contribution in [0.2, 0.25) is 0 Å². The van der Waals surface area contributed by atoms with Gasteiger partial charge >= 0.3 is 6.18 Å². The number of hydrogen-bond acceptors (Lipinski definition) is 6. The van der Waals surface area contributed by atoms with Gasteiger partial charge in [-0.15, -0.1) is 0 Å². The fourth-order valence-electron chi connectivity index (χ4n) is 5.32. The zero-order valence-electron chi connectivity index (χ0n) is 23.4. The molecule has 43 heavy (non-hydrogen) atoms. The van der Waals surface area contributed by atoms with Gasteiger partial charge < -0.3 is 20.1 Å². The summed E-state index contributed by atoms with van der Waals surface area (Å²) in [7, 11) is -4.40. The van der Waals surface area contributed by atoms with E-state index in [-0.39, 0.29) is 18.6 Å². The maximum absolute atomic E-state index is 13.3. The van der Waals surface area contributed by atoms with Crippen molar-refractivity contribution in [1.82, 2.24) is 15.4 Å². The number of carbonyl (C=O) groups excluding carboxylic acids is 1. The van der Waals surface area contributed by atoms with E-state index in [0.717, 1.165) is 55.3 Å². The minimum absolute atomic E-state index is 0.239. The molecule has 2 aliphatic heterocycles. The van der Waals surface area contributed by atoms with Gasteiger partial charge in [0.05, 0.1) is 35.3 Å². The van der Waals surface area contributed by atoms with Gasteiger partial charge in [0.25, 0.3) is 0 Å². The second-order valence-corrected chi connectivity index (χ2v) is 12.4. The van der Waals surface area contributed by atoms with Gasteiger partial charge in [-0.1, -0.05) is 48.5 Å². The molecule has 3 N–H and O–H groups in total. The predicted molar refractivity (Wildman–Crippen MR) is 154 cm³/mol. The average molecular weight is 618 g/mol. The summed E-state index contributed by atoms with van der Waals surface area (Å²) >= 11 is 0. The van der Waals surface area contributed by atoms with Crippen molar-refractivity contribution in [2.45, 2.75) is 61.5 Å². The highest BCUT2D eigenvalue weighted by atomic mass is 32.2. The summed E-state index contributed by atoms with van der Waals surface area (Å²) in [6, 6.07) is 16.4. The van der Waals surface area contributed by atoms with Crippen LogP contribution in [0, 0.1) is 0 Å². The molecule has 8 nitrogen and oxygen atoms in total. The van der Waals surface area contributed by atoms with Crippen LogP contribution in [0.4, 0.5) is 13.2 Å². The van der Waals surface area contributed by atoms with Crippen LogP contribution >= 0.6 is 0 Å². The van der Waals surface area contributed by atoms with E-state index in [0.29, 0.717) is 37.0 Å². The first-order valence-electron chi connectivity index (χ1n) is 14.2. The summed E-state index contributed by atoms with van der Waals surface area (Å²) in [4.78, 5) is 12.8. The molecule has 1 amide bonds. The predicted octanol–water partition coefficient (Wildman–Crippen LogP) is 5.02. The summed E-state index contributed by atoms with van der Waals surface area (Å²) in [5.41, 5.74) is 1.28. The number of sulfonamides is 1. The molecule has 1 fully saturated rings. The number of ether oxygens (including phenoxy) is 2. The van der Waals surface area contributed by atoms with E-state index in [4.69, 9.17) is 9.47 Å². The fraction of sp³-hybridized carbons (Fsp3) is 0.387. The Kier molecular flexibility index (Phi) is 9.70. The third kappa shape index (κ3) is 8.14. The normalized spacial score (nSPS) is 19.3. The van der Waals surface area contributed by atoms with Gasteiger partial charge in [0, 0.05) is 38.1 Å². The Bertz CT molecular complexity index is 1510. The van der Waals surface area contributed by atoms with Gasteiger partial charge in [-0.3, -0.25) is 4.79 Å². The molecule has 1 saturated heterocycles. The number of benzene rings is 3. The Morgan fingerprint density at radius 1 is 0.977 bits per heavy atom. The number of carbonyl (C=O) groups is 1. The van der Waals surface area contributed by atoms with Crippen LogP contribution in [0.1, 0.15) is 60.0 Å². The highest BCUT2D eigenvalue weighted by Gasteiger charge is 2.33. The lowest BCUT2D eigenvalue weighted by molar-refractivity contribution is -0.137. The van der Waals surface area contributed by atoms with Crippen molar-refractivity contribution in [3.63, 3.8) is 0 Å². The first kappa shape index (κ1) is 31.0. The Morgan fingerprint density at radius 3 is 2.53 bits per heavy atom. The molecule has 2 aliphatic rings. The highest BCUT2D eigenvalue weighted by Crippen LogP contribution is 2.34. The Morgan fingerprint density at radius 2 is 1.79 bits per heavy atom. The Balaban J connectivity index is 1.26. The molecule has 0 saturated carbocycles. The van der Waals surface area contributed by atoms with Crippen molar-refractivity contribution >= 4 is 15.9 Å². The maximum Gasteiger partial charge on any atom is 0.416 e. The summed E-state index contributed by atoms with van der Waals surface area (Å²) in [6.45, 7) is 2.63. The van der Waals surface area contributed by atoms with E-state index in [1.165, 1.54) is 0 Å². The van der Waals surface area contributed by atoms with Crippen LogP contribution in [0.5, 0.6) is 5.75 Å². The minimum Gasteiger partial charge on any atom is -0.493 e. The van der Waals surface area contributed by atoms with Crippen LogP contribution in [-0.4, -0.2) is 40.2 Å². The topological polar surface area (TPSA) is 106 Å². The molecule has 3 atom stereocenters.